The molecule has 2 aromatic heterocycles. The molecule has 3 aromatic rings. The Labute approximate surface area is 113 Å². The van der Waals surface area contributed by atoms with Crippen molar-refractivity contribution < 1.29 is 13.2 Å². The standard InChI is InChI=1S/C15H11F3N2/c1-10-6-7-20-13(8-10)9-19-14(20)11-2-4-12(5-3-11)15(16,17)18/h2-9H,1H3. The van der Waals surface area contributed by atoms with E-state index in [1.807, 2.05) is 29.7 Å². The summed E-state index contributed by atoms with van der Waals surface area (Å²) in [4.78, 5) is 4.28. The van der Waals surface area contributed by atoms with Gasteiger partial charge in [-0.05, 0) is 36.8 Å². The number of imidazole rings is 1. The summed E-state index contributed by atoms with van der Waals surface area (Å²) < 4.78 is 39.5. The van der Waals surface area contributed by atoms with Gasteiger partial charge in [-0.2, -0.15) is 13.2 Å². The summed E-state index contributed by atoms with van der Waals surface area (Å²) in [6.07, 6.45) is -0.741. The Hall–Kier alpha value is -2.30. The number of hydrogen-bond donors (Lipinski definition) is 0. The average Bonchev–Trinajstić information content (AvgIpc) is 2.80. The number of aryl methyl sites for hydroxylation is 1. The van der Waals surface area contributed by atoms with Crippen LogP contribution in [0.5, 0.6) is 0 Å². The van der Waals surface area contributed by atoms with Gasteiger partial charge < -0.3 is 0 Å². The second-order valence-corrected chi connectivity index (χ2v) is 4.66. The fraction of sp³-hybridized carbons (Fsp3) is 0.133. The summed E-state index contributed by atoms with van der Waals surface area (Å²) in [6, 6.07) is 8.94. The van der Waals surface area contributed by atoms with Crippen LogP contribution < -0.4 is 0 Å². The molecule has 0 saturated heterocycles. The number of rotatable bonds is 1. The smallest absolute Gasteiger partial charge is 0.300 e. The first-order chi connectivity index (χ1) is 9.45. The molecule has 0 amide bonds. The molecule has 20 heavy (non-hydrogen) atoms. The maximum absolute atomic E-state index is 12.5. The maximum atomic E-state index is 12.5. The van der Waals surface area contributed by atoms with Crippen molar-refractivity contribution in [3.63, 3.8) is 0 Å². The lowest BCUT2D eigenvalue weighted by Gasteiger charge is -2.07. The molecule has 0 N–H and O–H groups in total. The van der Waals surface area contributed by atoms with Gasteiger partial charge in [-0.15, -0.1) is 0 Å². The van der Waals surface area contributed by atoms with Gasteiger partial charge in [0.05, 0.1) is 17.3 Å². The van der Waals surface area contributed by atoms with E-state index in [4.69, 9.17) is 0 Å². The van der Waals surface area contributed by atoms with Gasteiger partial charge in [-0.1, -0.05) is 12.1 Å². The minimum absolute atomic E-state index is 0.633. The van der Waals surface area contributed by atoms with Crippen molar-refractivity contribution in [2.45, 2.75) is 13.1 Å². The van der Waals surface area contributed by atoms with Crippen molar-refractivity contribution in [2.75, 3.05) is 0 Å². The lowest BCUT2D eigenvalue weighted by molar-refractivity contribution is -0.137. The highest BCUT2D eigenvalue weighted by atomic mass is 19.4. The van der Waals surface area contributed by atoms with Crippen molar-refractivity contribution in [3.8, 4) is 11.4 Å². The van der Waals surface area contributed by atoms with Crippen LogP contribution in [0, 0.1) is 6.92 Å². The zero-order valence-electron chi connectivity index (χ0n) is 10.6. The molecule has 102 valence electrons. The molecule has 1 aromatic carbocycles. The molecule has 0 fully saturated rings. The van der Waals surface area contributed by atoms with Gasteiger partial charge in [-0.3, -0.25) is 4.40 Å². The van der Waals surface area contributed by atoms with E-state index in [-0.39, 0.29) is 0 Å². The Bertz CT molecular complexity index is 755. The molecular formula is C15H11F3N2. The van der Waals surface area contributed by atoms with E-state index < -0.39 is 11.7 Å². The third-order valence-electron chi connectivity index (χ3n) is 3.16. The van der Waals surface area contributed by atoms with E-state index in [0.29, 0.717) is 11.4 Å². The first-order valence-corrected chi connectivity index (χ1v) is 6.06. The van der Waals surface area contributed by atoms with E-state index in [1.54, 1.807) is 6.20 Å². The Morgan fingerprint density at radius 2 is 1.75 bits per heavy atom. The Kier molecular flexibility index (Phi) is 2.78. The molecule has 0 aliphatic rings. The van der Waals surface area contributed by atoms with Crippen molar-refractivity contribution in [3.05, 3.63) is 59.9 Å². The summed E-state index contributed by atoms with van der Waals surface area (Å²) in [5.41, 5.74) is 2.02. The molecule has 0 atom stereocenters. The van der Waals surface area contributed by atoms with Gasteiger partial charge in [0.15, 0.2) is 0 Å². The quantitative estimate of drug-likeness (QED) is 0.646. The van der Waals surface area contributed by atoms with Crippen LogP contribution in [-0.2, 0) is 6.18 Å². The van der Waals surface area contributed by atoms with E-state index in [0.717, 1.165) is 23.2 Å². The molecular weight excluding hydrogens is 265 g/mol. The third-order valence-corrected chi connectivity index (χ3v) is 3.16. The number of aromatic nitrogens is 2. The Morgan fingerprint density at radius 1 is 1.05 bits per heavy atom. The first-order valence-electron chi connectivity index (χ1n) is 6.06. The summed E-state index contributed by atoms with van der Waals surface area (Å²) in [5, 5.41) is 0. The van der Waals surface area contributed by atoms with Crippen LogP contribution in [0.3, 0.4) is 0 Å². The molecule has 0 radical (unpaired) electrons. The van der Waals surface area contributed by atoms with Crippen LogP contribution in [0.4, 0.5) is 13.2 Å². The third kappa shape index (κ3) is 2.15. The number of hydrogen-bond acceptors (Lipinski definition) is 1. The number of benzene rings is 1. The topological polar surface area (TPSA) is 17.3 Å². The fourth-order valence-corrected chi connectivity index (χ4v) is 2.13. The lowest BCUT2D eigenvalue weighted by atomic mass is 10.1. The van der Waals surface area contributed by atoms with Crippen LogP contribution in [0.15, 0.2) is 48.8 Å². The van der Waals surface area contributed by atoms with E-state index in [9.17, 15) is 13.2 Å². The summed E-state index contributed by atoms with van der Waals surface area (Å²) >= 11 is 0. The minimum Gasteiger partial charge on any atom is -0.300 e. The lowest BCUT2D eigenvalue weighted by Crippen LogP contribution is -2.04. The van der Waals surface area contributed by atoms with Crippen LogP contribution in [0.25, 0.3) is 16.9 Å². The molecule has 5 heteroatoms. The van der Waals surface area contributed by atoms with Crippen molar-refractivity contribution in [1.29, 1.82) is 0 Å². The molecule has 0 spiro atoms. The Balaban J connectivity index is 2.07. The first kappa shape index (κ1) is 12.7. The van der Waals surface area contributed by atoms with E-state index in [1.165, 1.54) is 12.1 Å². The summed E-state index contributed by atoms with van der Waals surface area (Å²) in [5.74, 6) is 0.633. The fourth-order valence-electron chi connectivity index (χ4n) is 2.13. The number of pyridine rings is 1. The van der Waals surface area contributed by atoms with Gasteiger partial charge in [0, 0.05) is 11.8 Å². The molecule has 0 aliphatic carbocycles. The summed E-state index contributed by atoms with van der Waals surface area (Å²) in [6.45, 7) is 1.98. The normalized spacial score (nSPS) is 12.0. The minimum atomic E-state index is -4.32. The van der Waals surface area contributed by atoms with Crippen molar-refractivity contribution >= 4 is 5.52 Å². The zero-order chi connectivity index (χ0) is 14.3. The molecule has 2 nitrogen and oxygen atoms in total. The molecule has 2 heterocycles. The van der Waals surface area contributed by atoms with E-state index >= 15 is 0 Å². The largest absolute Gasteiger partial charge is 0.416 e. The number of fused-ring (bicyclic) bond motifs is 1. The highest BCUT2D eigenvalue weighted by Gasteiger charge is 2.30. The maximum Gasteiger partial charge on any atom is 0.416 e. The zero-order valence-corrected chi connectivity index (χ0v) is 10.6. The van der Waals surface area contributed by atoms with Gasteiger partial charge in [-0.25, -0.2) is 4.98 Å². The van der Waals surface area contributed by atoms with Crippen LogP contribution in [-0.4, -0.2) is 9.38 Å². The van der Waals surface area contributed by atoms with Crippen molar-refractivity contribution in [1.82, 2.24) is 9.38 Å². The van der Waals surface area contributed by atoms with Gasteiger partial charge in [0.2, 0.25) is 0 Å². The van der Waals surface area contributed by atoms with Gasteiger partial charge in [0.1, 0.15) is 5.82 Å². The number of alkyl halides is 3. The number of nitrogens with zero attached hydrogens (tertiary/aromatic N) is 2. The highest BCUT2D eigenvalue weighted by molar-refractivity contribution is 5.63. The van der Waals surface area contributed by atoms with Crippen LogP contribution in [0.1, 0.15) is 11.1 Å². The molecule has 0 saturated carbocycles. The average molecular weight is 276 g/mol. The number of halogens is 3. The summed E-state index contributed by atoms with van der Waals surface area (Å²) in [7, 11) is 0. The molecule has 0 unspecified atom stereocenters. The predicted octanol–water partition coefficient (Wildman–Crippen LogP) is 4.33. The van der Waals surface area contributed by atoms with Crippen molar-refractivity contribution in [2.24, 2.45) is 0 Å². The second kappa shape index (κ2) is 4.37. The van der Waals surface area contributed by atoms with Crippen LogP contribution >= 0.6 is 0 Å². The van der Waals surface area contributed by atoms with Crippen LogP contribution in [0.2, 0.25) is 0 Å². The predicted molar refractivity (Wildman–Crippen MR) is 70.4 cm³/mol. The monoisotopic (exact) mass is 276 g/mol. The van der Waals surface area contributed by atoms with Gasteiger partial charge >= 0.3 is 6.18 Å². The Morgan fingerprint density at radius 3 is 2.40 bits per heavy atom. The second-order valence-electron chi connectivity index (χ2n) is 4.66. The highest BCUT2D eigenvalue weighted by Crippen LogP contribution is 2.30. The molecule has 3 rings (SSSR count). The molecule has 0 bridgehead atoms. The van der Waals surface area contributed by atoms with Gasteiger partial charge in [0.25, 0.3) is 0 Å². The SMILES string of the molecule is Cc1ccn2c(-c3ccc(C(F)(F)F)cc3)ncc2c1. The van der Waals surface area contributed by atoms with E-state index in [2.05, 4.69) is 4.98 Å². The molecule has 0 aliphatic heterocycles.